The second-order valence-electron chi connectivity index (χ2n) is 16.3. The van der Waals surface area contributed by atoms with Gasteiger partial charge in [-0.2, -0.15) is 0 Å². The molecule has 0 aliphatic rings. The van der Waals surface area contributed by atoms with E-state index in [1.165, 1.54) is 52.8 Å². The van der Waals surface area contributed by atoms with Gasteiger partial charge in [0.2, 0.25) is 0 Å². The molecular weight excluding hydrogens is 789 g/mol. The maximum atomic E-state index is 6.92. The average molecular weight is 821 g/mol. The molecule has 4 heterocycles. The molecular formula is C57H32N4OS. The fourth-order valence-corrected chi connectivity index (χ4v) is 11.0. The lowest BCUT2D eigenvalue weighted by Gasteiger charge is -2.11. The Morgan fingerprint density at radius 3 is 1.92 bits per heavy atom. The molecule has 0 radical (unpaired) electrons. The number of aromatic nitrogens is 4. The van der Waals surface area contributed by atoms with Gasteiger partial charge in [-0.25, -0.2) is 15.0 Å². The number of nitrogens with zero attached hydrogens (tertiary/aromatic N) is 4. The third-order valence-corrected chi connectivity index (χ3v) is 13.9. The van der Waals surface area contributed by atoms with Crippen molar-refractivity contribution in [1.82, 2.24) is 19.5 Å². The number of rotatable bonds is 4. The van der Waals surface area contributed by atoms with Gasteiger partial charge >= 0.3 is 0 Å². The average Bonchev–Trinajstić information content (AvgIpc) is 4.02. The molecule has 10 aromatic carbocycles. The van der Waals surface area contributed by atoms with Gasteiger partial charge in [-0.15, -0.1) is 11.3 Å². The van der Waals surface area contributed by atoms with Crippen LogP contribution in [0.3, 0.4) is 0 Å². The molecule has 63 heavy (non-hydrogen) atoms. The van der Waals surface area contributed by atoms with E-state index in [9.17, 15) is 0 Å². The standard InChI is InChI=1S/C57H32N4OS/c1-2-12-35-29-38(24-23-33(35)11-1)55-58-56(43-18-10-22-51-53(43)41-16-6-8-21-50(41)63-51)60-57(59-55)44-19-9-17-42-52-45-32-39(27-25-34(45)26-28-49(52)62-54(42)44)61-47-20-7-5-15-40(47)46-30-36-13-3-4-14-37(36)31-48(46)61/h1-32H. The number of furan rings is 1. The zero-order chi connectivity index (χ0) is 41.2. The SMILES string of the molecule is c1ccc2cc(-c3nc(-c4cccc5c4oc4ccc6ccc(-n7c8ccccc8c8cc9ccccc9cc87)cc6c45)nc(-c4cccc5sc6ccccc6c45)n3)ccc2c1. The van der Waals surface area contributed by atoms with E-state index in [1.807, 2.05) is 0 Å². The first kappa shape index (κ1) is 34.5. The van der Waals surface area contributed by atoms with Crippen LogP contribution >= 0.6 is 11.3 Å². The van der Waals surface area contributed by atoms with Gasteiger partial charge in [0.25, 0.3) is 0 Å². The van der Waals surface area contributed by atoms with E-state index in [0.29, 0.717) is 17.5 Å². The van der Waals surface area contributed by atoms with Crippen LogP contribution in [-0.4, -0.2) is 19.5 Å². The second-order valence-corrected chi connectivity index (χ2v) is 17.4. The third kappa shape index (κ3) is 5.19. The van der Waals surface area contributed by atoms with E-state index >= 15 is 0 Å². The lowest BCUT2D eigenvalue weighted by molar-refractivity contribution is 0.670. The molecule has 14 rings (SSSR count). The van der Waals surface area contributed by atoms with Crippen LogP contribution in [0.5, 0.6) is 0 Å². The van der Waals surface area contributed by atoms with E-state index in [2.05, 4.69) is 199 Å². The molecule has 0 saturated heterocycles. The molecule has 0 unspecified atom stereocenters. The van der Waals surface area contributed by atoms with Gasteiger partial charge in [0.15, 0.2) is 17.5 Å². The summed E-state index contributed by atoms with van der Waals surface area (Å²) in [6.45, 7) is 0. The van der Waals surface area contributed by atoms with Crippen molar-refractivity contribution < 1.29 is 4.42 Å². The molecule has 6 heteroatoms. The van der Waals surface area contributed by atoms with Crippen LogP contribution in [0.15, 0.2) is 199 Å². The molecule has 4 aromatic heterocycles. The first-order valence-corrected chi connectivity index (χ1v) is 22.0. The van der Waals surface area contributed by atoms with Crippen LogP contribution in [-0.2, 0) is 0 Å². The molecule has 0 amide bonds. The second kappa shape index (κ2) is 13.2. The van der Waals surface area contributed by atoms with E-state index in [0.717, 1.165) is 65.9 Å². The number of hydrogen-bond donors (Lipinski definition) is 0. The summed E-state index contributed by atoms with van der Waals surface area (Å²) < 4.78 is 11.8. The summed E-state index contributed by atoms with van der Waals surface area (Å²) in [5.74, 6) is 1.80. The minimum atomic E-state index is 0.562. The molecule has 14 aromatic rings. The third-order valence-electron chi connectivity index (χ3n) is 12.8. The van der Waals surface area contributed by atoms with Crippen molar-refractivity contribution in [2.24, 2.45) is 0 Å². The van der Waals surface area contributed by atoms with Gasteiger partial charge in [0.1, 0.15) is 11.2 Å². The van der Waals surface area contributed by atoms with E-state index in [4.69, 9.17) is 19.4 Å². The fraction of sp³-hybridized carbons (Fsp3) is 0. The Balaban J connectivity index is 1.00. The summed E-state index contributed by atoms with van der Waals surface area (Å²) >= 11 is 1.79. The largest absolute Gasteiger partial charge is 0.455 e. The molecule has 0 aliphatic heterocycles. The minimum absolute atomic E-state index is 0.562. The topological polar surface area (TPSA) is 56.7 Å². The quantitative estimate of drug-likeness (QED) is 0.177. The number of benzene rings is 10. The summed E-state index contributed by atoms with van der Waals surface area (Å²) in [7, 11) is 0. The Morgan fingerprint density at radius 2 is 1.03 bits per heavy atom. The monoisotopic (exact) mass is 820 g/mol. The maximum Gasteiger partial charge on any atom is 0.167 e. The first-order chi connectivity index (χ1) is 31.2. The molecule has 0 fully saturated rings. The number of hydrogen-bond acceptors (Lipinski definition) is 5. The van der Waals surface area contributed by atoms with Crippen molar-refractivity contribution in [2.45, 2.75) is 0 Å². The highest BCUT2D eigenvalue weighted by Gasteiger charge is 2.22. The van der Waals surface area contributed by atoms with Gasteiger partial charge in [0, 0.05) is 58.5 Å². The summed E-state index contributed by atoms with van der Waals surface area (Å²) in [4.78, 5) is 15.8. The van der Waals surface area contributed by atoms with E-state index < -0.39 is 0 Å². The van der Waals surface area contributed by atoms with Crippen LogP contribution in [0.1, 0.15) is 0 Å². The Hall–Kier alpha value is -8.19. The molecule has 5 nitrogen and oxygen atoms in total. The lowest BCUT2D eigenvalue weighted by Crippen LogP contribution is -2.00. The van der Waals surface area contributed by atoms with Crippen LogP contribution in [0.4, 0.5) is 0 Å². The summed E-state index contributed by atoms with van der Waals surface area (Å²) in [5.41, 5.74) is 7.73. The number of thiophene rings is 1. The van der Waals surface area contributed by atoms with E-state index in [1.54, 1.807) is 11.3 Å². The van der Waals surface area contributed by atoms with Crippen molar-refractivity contribution in [2.75, 3.05) is 0 Å². The normalized spacial score (nSPS) is 12.1. The van der Waals surface area contributed by atoms with Crippen molar-refractivity contribution >= 4 is 108 Å². The summed E-state index contributed by atoms with van der Waals surface area (Å²) in [6.07, 6.45) is 0. The molecule has 0 bridgehead atoms. The van der Waals surface area contributed by atoms with Crippen LogP contribution < -0.4 is 0 Å². The zero-order valence-electron chi connectivity index (χ0n) is 33.6. The molecule has 0 aliphatic carbocycles. The van der Waals surface area contributed by atoms with Crippen molar-refractivity contribution in [1.29, 1.82) is 0 Å². The smallest absolute Gasteiger partial charge is 0.167 e. The number of fused-ring (bicyclic) bond motifs is 13. The summed E-state index contributed by atoms with van der Waals surface area (Å²) in [5, 5.41) is 13.9. The Morgan fingerprint density at radius 1 is 0.381 bits per heavy atom. The van der Waals surface area contributed by atoms with Crippen LogP contribution in [0.2, 0.25) is 0 Å². The highest BCUT2D eigenvalue weighted by Crippen LogP contribution is 2.43. The Labute approximate surface area is 363 Å². The Bertz CT molecular complexity index is 4230. The van der Waals surface area contributed by atoms with Gasteiger partial charge in [-0.3, -0.25) is 0 Å². The molecule has 0 N–H and O–H groups in total. The minimum Gasteiger partial charge on any atom is -0.455 e. The van der Waals surface area contributed by atoms with Gasteiger partial charge in [-0.1, -0.05) is 133 Å². The predicted molar refractivity (Wildman–Crippen MR) is 263 cm³/mol. The zero-order valence-corrected chi connectivity index (χ0v) is 34.4. The number of para-hydroxylation sites is 2. The molecule has 0 spiro atoms. The van der Waals surface area contributed by atoms with Crippen LogP contribution in [0, 0.1) is 0 Å². The molecule has 0 atom stereocenters. The van der Waals surface area contributed by atoms with Gasteiger partial charge < -0.3 is 8.98 Å². The van der Waals surface area contributed by atoms with Crippen LogP contribution in [0.25, 0.3) is 136 Å². The molecule has 0 saturated carbocycles. The van der Waals surface area contributed by atoms with Crippen molar-refractivity contribution in [3.63, 3.8) is 0 Å². The summed E-state index contributed by atoms with van der Waals surface area (Å²) in [6, 6.07) is 69.2. The predicted octanol–water partition coefficient (Wildman–Crippen LogP) is 15.7. The van der Waals surface area contributed by atoms with Crippen molar-refractivity contribution in [3.05, 3.63) is 194 Å². The van der Waals surface area contributed by atoms with Gasteiger partial charge in [-0.05, 0) is 93.0 Å². The molecule has 292 valence electrons. The first-order valence-electron chi connectivity index (χ1n) is 21.2. The maximum absolute atomic E-state index is 6.92. The van der Waals surface area contributed by atoms with Crippen molar-refractivity contribution in [3.8, 4) is 39.9 Å². The highest BCUT2D eigenvalue weighted by atomic mass is 32.1. The Kier molecular flexibility index (Phi) is 7.21. The fourth-order valence-electron chi connectivity index (χ4n) is 9.89. The highest BCUT2D eigenvalue weighted by molar-refractivity contribution is 7.25. The van der Waals surface area contributed by atoms with Gasteiger partial charge in [0.05, 0.1) is 16.6 Å². The van der Waals surface area contributed by atoms with E-state index in [-0.39, 0.29) is 0 Å². The lowest BCUT2D eigenvalue weighted by atomic mass is 10.0.